The summed E-state index contributed by atoms with van der Waals surface area (Å²) in [6, 6.07) is 9.97. The zero-order valence-corrected chi connectivity index (χ0v) is 14.1. The lowest BCUT2D eigenvalue weighted by Crippen LogP contribution is -2.13. The molecule has 2 amide bonds. The Bertz CT molecular complexity index is 818. The van der Waals surface area contributed by atoms with Crippen LogP contribution < -0.4 is 20.1 Å². The summed E-state index contributed by atoms with van der Waals surface area (Å²) in [5.41, 5.74) is 1.62. The number of halogens is 1. The topological polar surface area (TPSA) is 76.7 Å². The maximum atomic E-state index is 12.3. The quantitative estimate of drug-likeness (QED) is 0.785. The molecule has 24 heavy (non-hydrogen) atoms. The van der Waals surface area contributed by atoms with Crippen molar-refractivity contribution in [2.24, 2.45) is 0 Å². The summed E-state index contributed by atoms with van der Waals surface area (Å²) in [5.74, 6) is 0.617. The number of rotatable bonds is 4. The first-order valence-corrected chi connectivity index (χ1v) is 7.80. The zero-order valence-electron chi connectivity index (χ0n) is 12.5. The highest BCUT2D eigenvalue weighted by atomic mass is 79.9. The lowest BCUT2D eigenvalue weighted by atomic mass is 10.2. The molecule has 0 bridgehead atoms. The van der Waals surface area contributed by atoms with Gasteiger partial charge in [-0.25, -0.2) is 0 Å². The van der Waals surface area contributed by atoms with Gasteiger partial charge in [-0.2, -0.15) is 0 Å². The molecule has 2 aromatic carbocycles. The van der Waals surface area contributed by atoms with Crippen molar-refractivity contribution in [1.29, 1.82) is 0 Å². The van der Waals surface area contributed by atoms with Crippen molar-refractivity contribution in [3.63, 3.8) is 0 Å². The van der Waals surface area contributed by atoms with Gasteiger partial charge >= 0.3 is 0 Å². The molecule has 0 spiro atoms. The predicted octanol–water partition coefficient (Wildman–Crippen LogP) is 3.55. The lowest BCUT2D eigenvalue weighted by molar-refractivity contribution is -0.111. The summed E-state index contributed by atoms with van der Waals surface area (Å²) in [4.78, 5) is 23.6. The van der Waals surface area contributed by atoms with Crippen LogP contribution in [0.15, 0.2) is 53.5 Å². The summed E-state index contributed by atoms with van der Waals surface area (Å²) in [7, 11) is 0. The van der Waals surface area contributed by atoms with Crippen LogP contribution >= 0.6 is 15.9 Å². The average molecular weight is 389 g/mol. The van der Waals surface area contributed by atoms with Gasteiger partial charge in [0.15, 0.2) is 11.5 Å². The molecule has 1 aliphatic rings. The molecule has 0 radical (unpaired) electrons. The van der Waals surface area contributed by atoms with Gasteiger partial charge in [-0.15, -0.1) is 0 Å². The molecule has 7 heteroatoms. The van der Waals surface area contributed by atoms with Gasteiger partial charge in [-0.3, -0.25) is 9.59 Å². The van der Waals surface area contributed by atoms with Gasteiger partial charge in [-0.1, -0.05) is 6.58 Å². The van der Waals surface area contributed by atoms with Crippen LogP contribution in [0.5, 0.6) is 11.5 Å². The minimum Gasteiger partial charge on any atom is -0.454 e. The van der Waals surface area contributed by atoms with E-state index < -0.39 is 0 Å². The second-order valence-electron chi connectivity index (χ2n) is 4.91. The fourth-order valence-electron chi connectivity index (χ4n) is 2.11. The van der Waals surface area contributed by atoms with E-state index in [1.807, 2.05) is 0 Å². The van der Waals surface area contributed by atoms with Crippen molar-refractivity contribution in [3.05, 3.63) is 59.1 Å². The van der Waals surface area contributed by atoms with Crippen LogP contribution in [0.1, 0.15) is 10.4 Å². The predicted molar refractivity (Wildman–Crippen MR) is 93.5 cm³/mol. The number of carbonyl (C=O) groups is 2. The molecule has 0 aromatic heterocycles. The minimum atomic E-state index is -0.309. The van der Waals surface area contributed by atoms with E-state index in [-0.39, 0.29) is 18.6 Å². The molecule has 0 saturated heterocycles. The number of hydrogen-bond donors (Lipinski definition) is 2. The van der Waals surface area contributed by atoms with Crippen LogP contribution in [0, 0.1) is 0 Å². The molecular formula is C17H13BrN2O4. The van der Waals surface area contributed by atoms with Crippen molar-refractivity contribution in [2.45, 2.75) is 0 Å². The number of amides is 2. The van der Waals surface area contributed by atoms with E-state index in [2.05, 4.69) is 33.1 Å². The number of ether oxygens (including phenoxy) is 2. The molecule has 0 aliphatic carbocycles. The Kier molecular flexibility index (Phi) is 4.52. The second kappa shape index (κ2) is 6.76. The molecule has 0 unspecified atom stereocenters. The van der Waals surface area contributed by atoms with Gasteiger partial charge < -0.3 is 20.1 Å². The summed E-state index contributed by atoms with van der Waals surface area (Å²) in [6.07, 6.45) is 1.18. The van der Waals surface area contributed by atoms with Gasteiger partial charge in [-0.05, 0) is 46.3 Å². The summed E-state index contributed by atoms with van der Waals surface area (Å²) < 4.78 is 11.3. The Morgan fingerprint density at radius 3 is 2.42 bits per heavy atom. The standard InChI is InChI=1S/C17H13BrN2O4/c1-2-16(21)19-11-5-3-10(4-6-11)17(22)20-13-8-15-14(7-12(13)18)23-9-24-15/h2-8H,1,9H2,(H,19,21)(H,20,22). The van der Waals surface area contributed by atoms with Crippen LogP contribution in [-0.2, 0) is 4.79 Å². The summed E-state index contributed by atoms with van der Waals surface area (Å²) >= 11 is 3.39. The number of fused-ring (bicyclic) bond motifs is 1. The molecule has 122 valence electrons. The fourth-order valence-corrected chi connectivity index (χ4v) is 2.53. The number of benzene rings is 2. The van der Waals surface area contributed by atoms with E-state index in [9.17, 15) is 9.59 Å². The highest BCUT2D eigenvalue weighted by molar-refractivity contribution is 9.10. The summed E-state index contributed by atoms with van der Waals surface area (Å²) in [5, 5.41) is 5.42. The molecule has 0 fully saturated rings. The van der Waals surface area contributed by atoms with Crippen molar-refractivity contribution in [1.82, 2.24) is 0 Å². The van der Waals surface area contributed by atoms with Gasteiger partial charge in [0.1, 0.15) is 0 Å². The second-order valence-corrected chi connectivity index (χ2v) is 5.76. The van der Waals surface area contributed by atoms with Gasteiger partial charge in [0.05, 0.1) is 5.69 Å². The molecule has 3 rings (SSSR count). The van der Waals surface area contributed by atoms with E-state index in [0.717, 1.165) is 0 Å². The van der Waals surface area contributed by atoms with E-state index >= 15 is 0 Å². The highest BCUT2D eigenvalue weighted by Gasteiger charge is 2.17. The summed E-state index contributed by atoms with van der Waals surface area (Å²) in [6.45, 7) is 3.55. The monoisotopic (exact) mass is 388 g/mol. The van der Waals surface area contributed by atoms with Crippen LogP contribution in [0.2, 0.25) is 0 Å². The molecule has 1 heterocycles. The van der Waals surface area contributed by atoms with E-state index in [4.69, 9.17) is 9.47 Å². The molecule has 2 aromatic rings. The van der Waals surface area contributed by atoms with Crippen molar-refractivity contribution in [2.75, 3.05) is 17.4 Å². The molecule has 6 nitrogen and oxygen atoms in total. The average Bonchev–Trinajstić information content (AvgIpc) is 3.02. The molecule has 0 atom stereocenters. The smallest absolute Gasteiger partial charge is 0.255 e. The Labute approximate surface area is 146 Å². The SMILES string of the molecule is C=CC(=O)Nc1ccc(C(=O)Nc2cc3c(cc2Br)OCO3)cc1. The fraction of sp³-hybridized carbons (Fsp3) is 0.0588. The zero-order chi connectivity index (χ0) is 17.1. The lowest BCUT2D eigenvalue weighted by Gasteiger charge is -2.09. The minimum absolute atomic E-state index is 0.164. The number of hydrogen-bond acceptors (Lipinski definition) is 4. The molecule has 0 saturated carbocycles. The third kappa shape index (κ3) is 3.41. The van der Waals surface area contributed by atoms with E-state index in [0.29, 0.717) is 32.9 Å². The van der Waals surface area contributed by atoms with Crippen molar-refractivity contribution >= 4 is 39.1 Å². The number of nitrogens with one attached hydrogen (secondary N) is 2. The largest absolute Gasteiger partial charge is 0.454 e. The van der Waals surface area contributed by atoms with Gasteiger partial charge in [0, 0.05) is 27.9 Å². The van der Waals surface area contributed by atoms with Crippen molar-refractivity contribution in [3.8, 4) is 11.5 Å². The normalized spacial score (nSPS) is 11.7. The van der Waals surface area contributed by atoms with Crippen LogP contribution in [0.4, 0.5) is 11.4 Å². The highest BCUT2D eigenvalue weighted by Crippen LogP contribution is 2.39. The Hall–Kier alpha value is -2.80. The van der Waals surface area contributed by atoms with Crippen LogP contribution in [0.25, 0.3) is 0 Å². The maximum Gasteiger partial charge on any atom is 0.255 e. The number of anilines is 2. The van der Waals surface area contributed by atoms with E-state index in [1.165, 1.54) is 6.08 Å². The van der Waals surface area contributed by atoms with Crippen LogP contribution in [0.3, 0.4) is 0 Å². The molecular weight excluding hydrogens is 376 g/mol. The third-order valence-electron chi connectivity index (χ3n) is 3.31. The Morgan fingerprint density at radius 1 is 1.08 bits per heavy atom. The Balaban J connectivity index is 1.73. The first kappa shape index (κ1) is 16.1. The van der Waals surface area contributed by atoms with E-state index in [1.54, 1.807) is 36.4 Å². The molecule has 1 aliphatic heterocycles. The molecule has 2 N–H and O–H groups in total. The number of carbonyl (C=O) groups excluding carboxylic acids is 2. The Morgan fingerprint density at radius 2 is 1.75 bits per heavy atom. The first-order valence-electron chi connectivity index (χ1n) is 7.01. The van der Waals surface area contributed by atoms with Gasteiger partial charge in [0.2, 0.25) is 12.7 Å². The van der Waals surface area contributed by atoms with Crippen LogP contribution in [-0.4, -0.2) is 18.6 Å². The third-order valence-corrected chi connectivity index (χ3v) is 3.97. The maximum absolute atomic E-state index is 12.3. The first-order chi connectivity index (χ1) is 11.6. The van der Waals surface area contributed by atoms with Gasteiger partial charge in [0.25, 0.3) is 5.91 Å². The van der Waals surface area contributed by atoms with Crippen molar-refractivity contribution < 1.29 is 19.1 Å².